The number of aryl methyl sites for hydroxylation is 3. The molecule has 168 valence electrons. The molecule has 1 heterocycles. The first-order valence-electron chi connectivity index (χ1n) is 11.4. The summed E-state index contributed by atoms with van der Waals surface area (Å²) in [7, 11) is 0. The quantitative estimate of drug-likeness (QED) is 0.764. The molecule has 0 saturated carbocycles. The second-order valence-corrected chi connectivity index (χ2v) is 8.67. The number of carbonyl (C=O) groups excluding carboxylic acids is 1. The summed E-state index contributed by atoms with van der Waals surface area (Å²) < 4.78 is 6.14. The van der Waals surface area contributed by atoms with E-state index in [1.54, 1.807) is 0 Å². The molecule has 5 nitrogen and oxygen atoms in total. The number of aliphatic hydroxyl groups is 1. The van der Waals surface area contributed by atoms with Gasteiger partial charge in [0.05, 0.1) is 13.2 Å². The Bertz CT molecular complexity index is 845. The number of benzene rings is 2. The van der Waals surface area contributed by atoms with Gasteiger partial charge < -0.3 is 15.2 Å². The Morgan fingerprint density at radius 1 is 1.00 bits per heavy atom. The maximum Gasteiger partial charge on any atom is 0.234 e. The summed E-state index contributed by atoms with van der Waals surface area (Å²) in [4.78, 5) is 14.8. The predicted molar refractivity (Wildman–Crippen MR) is 124 cm³/mol. The van der Waals surface area contributed by atoms with Crippen molar-refractivity contribution < 1.29 is 14.6 Å². The Labute approximate surface area is 186 Å². The SMILES string of the molecule is Cc1cc(C)cc(CN2CC(=O)NCCCCCOc3ccc(CCCO)cc3C2)c1. The van der Waals surface area contributed by atoms with Gasteiger partial charge in [-0.25, -0.2) is 0 Å². The van der Waals surface area contributed by atoms with Crippen molar-refractivity contribution >= 4 is 5.91 Å². The Morgan fingerprint density at radius 3 is 2.58 bits per heavy atom. The molecule has 0 atom stereocenters. The lowest BCUT2D eigenvalue weighted by Crippen LogP contribution is -2.37. The number of rotatable bonds is 5. The first-order chi connectivity index (χ1) is 15.0. The summed E-state index contributed by atoms with van der Waals surface area (Å²) in [5.74, 6) is 0.973. The first kappa shape index (κ1) is 23.3. The highest BCUT2D eigenvalue weighted by atomic mass is 16.5. The summed E-state index contributed by atoms with van der Waals surface area (Å²) >= 11 is 0. The minimum absolute atomic E-state index is 0.0718. The average molecular weight is 425 g/mol. The molecule has 0 saturated heterocycles. The summed E-state index contributed by atoms with van der Waals surface area (Å²) in [6.07, 6.45) is 4.57. The highest BCUT2D eigenvalue weighted by molar-refractivity contribution is 5.78. The van der Waals surface area contributed by atoms with Crippen molar-refractivity contribution in [2.75, 3.05) is 26.3 Å². The molecule has 0 bridgehead atoms. The summed E-state index contributed by atoms with van der Waals surface area (Å²) in [5.41, 5.74) is 5.98. The molecular weight excluding hydrogens is 388 g/mol. The Hall–Kier alpha value is -2.37. The Kier molecular flexibility index (Phi) is 8.92. The van der Waals surface area contributed by atoms with Crippen LogP contribution in [0.15, 0.2) is 36.4 Å². The summed E-state index contributed by atoms with van der Waals surface area (Å²) in [5, 5.41) is 12.3. The molecule has 1 aliphatic rings. The van der Waals surface area contributed by atoms with Gasteiger partial charge >= 0.3 is 0 Å². The lowest BCUT2D eigenvalue weighted by molar-refractivity contribution is -0.122. The molecule has 3 rings (SSSR count). The van der Waals surface area contributed by atoms with E-state index in [0.717, 1.165) is 43.4 Å². The standard InChI is InChI=1S/C26H36N2O3/c1-20-13-21(2)15-23(14-20)17-28-18-24-16-22(7-6-11-29)8-9-25(24)31-12-5-3-4-10-27-26(30)19-28/h8-9,13-16,29H,3-7,10-12,17-19H2,1-2H3,(H,27,30). The zero-order valence-electron chi connectivity index (χ0n) is 19.0. The van der Waals surface area contributed by atoms with Crippen molar-refractivity contribution in [3.8, 4) is 5.75 Å². The molecule has 0 radical (unpaired) electrons. The monoisotopic (exact) mass is 424 g/mol. The van der Waals surface area contributed by atoms with Crippen molar-refractivity contribution in [2.24, 2.45) is 0 Å². The van der Waals surface area contributed by atoms with Gasteiger partial charge in [-0.15, -0.1) is 0 Å². The van der Waals surface area contributed by atoms with Gasteiger partial charge in [0, 0.05) is 31.8 Å². The van der Waals surface area contributed by atoms with Crippen molar-refractivity contribution in [1.82, 2.24) is 10.2 Å². The molecule has 1 amide bonds. The third-order valence-corrected chi connectivity index (χ3v) is 5.60. The zero-order chi connectivity index (χ0) is 22.1. The minimum atomic E-state index is 0.0718. The molecule has 2 N–H and O–H groups in total. The summed E-state index contributed by atoms with van der Waals surface area (Å²) in [6, 6.07) is 12.9. The van der Waals surface area contributed by atoms with Gasteiger partial charge in [-0.2, -0.15) is 0 Å². The van der Waals surface area contributed by atoms with E-state index < -0.39 is 0 Å². The van der Waals surface area contributed by atoms with Crippen LogP contribution in [0.25, 0.3) is 0 Å². The van der Waals surface area contributed by atoms with E-state index in [1.165, 1.54) is 22.3 Å². The number of nitrogens with zero attached hydrogens (tertiary/aromatic N) is 1. The van der Waals surface area contributed by atoms with E-state index >= 15 is 0 Å². The molecule has 0 fully saturated rings. The highest BCUT2D eigenvalue weighted by Crippen LogP contribution is 2.24. The fourth-order valence-electron chi connectivity index (χ4n) is 4.24. The fraction of sp³-hybridized carbons (Fsp3) is 0.500. The van der Waals surface area contributed by atoms with E-state index in [1.807, 2.05) is 0 Å². The Morgan fingerprint density at radius 2 is 1.81 bits per heavy atom. The van der Waals surface area contributed by atoms with Crippen LogP contribution >= 0.6 is 0 Å². The number of carbonyl (C=O) groups is 1. The third kappa shape index (κ3) is 7.67. The fourth-order valence-corrected chi connectivity index (χ4v) is 4.24. The van der Waals surface area contributed by atoms with E-state index in [4.69, 9.17) is 4.74 Å². The number of aliphatic hydroxyl groups excluding tert-OH is 1. The van der Waals surface area contributed by atoms with Gasteiger partial charge in [-0.3, -0.25) is 9.69 Å². The minimum Gasteiger partial charge on any atom is -0.493 e. The predicted octanol–water partition coefficient (Wildman–Crippen LogP) is 3.91. The Balaban J connectivity index is 1.88. The van der Waals surface area contributed by atoms with Crippen molar-refractivity contribution in [2.45, 2.75) is 59.0 Å². The molecule has 0 unspecified atom stereocenters. The molecule has 1 aliphatic heterocycles. The van der Waals surface area contributed by atoms with Crippen molar-refractivity contribution in [3.05, 3.63) is 64.2 Å². The number of fused-ring (bicyclic) bond motifs is 1. The van der Waals surface area contributed by atoms with Crippen molar-refractivity contribution in [3.63, 3.8) is 0 Å². The van der Waals surface area contributed by atoms with Gasteiger partial charge in [0.2, 0.25) is 5.91 Å². The van der Waals surface area contributed by atoms with Crippen LogP contribution in [-0.4, -0.2) is 42.2 Å². The van der Waals surface area contributed by atoms with Gasteiger partial charge in [-0.1, -0.05) is 41.5 Å². The molecule has 31 heavy (non-hydrogen) atoms. The first-order valence-corrected chi connectivity index (χ1v) is 11.4. The molecule has 0 aliphatic carbocycles. The number of hydrogen-bond donors (Lipinski definition) is 2. The van der Waals surface area contributed by atoms with Crippen LogP contribution in [0.4, 0.5) is 0 Å². The number of amides is 1. The maximum absolute atomic E-state index is 12.6. The van der Waals surface area contributed by atoms with Gasteiger partial charge in [-0.05, 0) is 63.1 Å². The average Bonchev–Trinajstić information content (AvgIpc) is 2.72. The normalized spacial score (nSPS) is 16.3. The topological polar surface area (TPSA) is 61.8 Å². The third-order valence-electron chi connectivity index (χ3n) is 5.60. The second-order valence-electron chi connectivity index (χ2n) is 8.67. The summed E-state index contributed by atoms with van der Waals surface area (Å²) in [6.45, 7) is 7.51. The lowest BCUT2D eigenvalue weighted by atomic mass is 10.0. The van der Waals surface area contributed by atoms with E-state index in [9.17, 15) is 9.90 Å². The molecule has 2 aromatic carbocycles. The second kappa shape index (κ2) is 11.9. The number of ether oxygens (including phenoxy) is 1. The van der Waals surface area contributed by atoms with E-state index in [-0.39, 0.29) is 12.5 Å². The van der Waals surface area contributed by atoms with Crippen molar-refractivity contribution in [1.29, 1.82) is 0 Å². The highest BCUT2D eigenvalue weighted by Gasteiger charge is 2.16. The molecule has 2 aromatic rings. The lowest BCUT2D eigenvalue weighted by Gasteiger charge is -2.24. The number of hydrogen-bond acceptors (Lipinski definition) is 4. The van der Waals surface area contributed by atoms with E-state index in [2.05, 4.69) is 60.5 Å². The molecule has 0 spiro atoms. The molecular formula is C26H36N2O3. The van der Waals surface area contributed by atoms with Crippen LogP contribution in [0.1, 0.15) is 53.5 Å². The van der Waals surface area contributed by atoms with Crippen LogP contribution in [0.5, 0.6) is 5.75 Å². The van der Waals surface area contributed by atoms with Crippen LogP contribution in [-0.2, 0) is 24.3 Å². The van der Waals surface area contributed by atoms with Crippen LogP contribution in [0.2, 0.25) is 0 Å². The van der Waals surface area contributed by atoms with Crippen LogP contribution < -0.4 is 10.1 Å². The molecule has 5 heteroatoms. The smallest absolute Gasteiger partial charge is 0.234 e. The van der Waals surface area contributed by atoms with E-state index in [0.29, 0.717) is 32.8 Å². The van der Waals surface area contributed by atoms with Crippen LogP contribution in [0.3, 0.4) is 0 Å². The molecule has 0 aromatic heterocycles. The number of nitrogens with one attached hydrogen (secondary N) is 1. The van der Waals surface area contributed by atoms with Gasteiger partial charge in [0.25, 0.3) is 0 Å². The van der Waals surface area contributed by atoms with Gasteiger partial charge in [0.15, 0.2) is 0 Å². The maximum atomic E-state index is 12.6. The van der Waals surface area contributed by atoms with Gasteiger partial charge in [0.1, 0.15) is 5.75 Å². The van der Waals surface area contributed by atoms with Crippen LogP contribution in [0, 0.1) is 13.8 Å². The zero-order valence-corrected chi connectivity index (χ0v) is 19.0. The largest absolute Gasteiger partial charge is 0.493 e.